The van der Waals surface area contributed by atoms with E-state index in [-0.39, 0.29) is 10.4 Å². The Labute approximate surface area is 239 Å². The van der Waals surface area contributed by atoms with Crippen molar-refractivity contribution >= 4 is 52.3 Å². The van der Waals surface area contributed by atoms with Gasteiger partial charge in [0.2, 0.25) is 5.44 Å². The molecule has 0 aliphatic heterocycles. The molecule has 0 saturated carbocycles. The third-order valence-electron chi connectivity index (χ3n) is 5.53. The Morgan fingerprint density at radius 1 is 0.744 bits per heavy atom. The molecule has 4 rings (SSSR count). The van der Waals surface area contributed by atoms with Crippen molar-refractivity contribution in [3.63, 3.8) is 0 Å². The molecule has 0 fully saturated rings. The second kappa shape index (κ2) is 13.9. The first-order chi connectivity index (χ1) is 18.6. The van der Waals surface area contributed by atoms with Crippen LogP contribution in [0.3, 0.4) is 0 Å². The average molecular weight is 608 g/mol. The Hall–Kier alpha value is -2.97. The van der Waals surface area contributed by atoms with Crippen LogP contribution in [0.1, 0.15) is 10.4 Å². The van der Waals surface area contributed by atoms with Crippen molar-refractivity contribution in [1.29, 1.82) is 0 Å². The van der Waals surface area contributed by atoms with Crippen LogP contribution in [-0.2, 0) is 0 Å². The van der Waals surface area contributed by atoms with Crippen molar-refractivity contribution < 1.29 is 38.4 Å². The lowest BCUT2D eigenvalue weighted by Crippen LogP contribution is -2.58. The third-order valence-corrected chi connectivity index (χ3v) is 10.4. The van der Waals surface area contributed by atoms with Crippen LogP contribution < -0.4 is 39.9 Å². The van der Waals surface area contributed by atoms with E-state index in [1.165, 1.54) is 0 Å². The van der Waals surface area contributed by atoms with E-state index in [1.807, 2.05) is 54.6 Å². The third kappa shape index (κ3) is 8.02. The maximum Gasteiger partial charge on any atom is 0.258 e. The van der Waals surface area contributed by atoms with Crippen molar-refractivity contribution in [1.82, 2.24) is 5.32 Å². The van der Waals surface area contributed by atoms with Gasteiger partial charge in [0.15, 0.2) is 11.8 Å². The molecule has 7 nitrogen and oxygen atoms in total. The van der Waals surface area contributed by atoms with E-state index in [0.29, 0.717) is 16.8 Å². The minimum absolute atomic E-state index is 0.0201. The molecule has 2 N–H and O–H groups in total. The van der Waals surface area contributed by atoms with Gasteiger partial charge in [-0.1, -0.05) is 77.8 Å². The summed E-state index contributed by atoms with van der Waals surface area (Å²) >= 11 is 13.2. The molecular weight excluding hydrogens is 584 g/mol. The van der Waals surface area contributed by atoms with E-state index in [0.717, 1.165) is 15.9 Å². The van der Waals surface area contributed by atoms with Crippen LogP contribution in [0, 0.1) is 10.2 Å². The van der Waals surface area contributed by atoms with Crippen molar-refractivity contribution in [3.05, 3.63) is 131 Å². The molecule has 1 amide bonds. The highest BCUT2D eigenvalue weighted by atomic mass is 35.7. The fourth-order valence-corrected chi connectivity index (χ4v) is 8.87. The fourth-order valence-electron chi connectivity index (χ4n) is 3.97. The molecule has 0 unspecified atom stereocenters. The summed E-state index contributed by atoms with van der Waals surface area (Å²) < 4.78 is 38.0. The molecular formula is C28H24Cl3NO6P+. The van der Waals surface area contributed by atoms with E-state index in [4.69, 9.17) is 46.6 Å². The van der Waals surface area contributed by atoms with Crippen LogP contribution in [0.25, 0.3) is 0 Å². The summed E-state index contributed by atoms with van der Waals surface area (Å²) in [4.78, 5) is 13.4. The number of carbonyl (C=O) groups excluding carboxylic acids is 1. The van der Waals surface area contributed by atoms with Crippen LogP contribution in [0.4, 0.5) is 0 Å². The number of nitrogens with one attached hydrogen (secondary N) is 1. The topological polar surface area (TPSA) is 128 Å². The second-order valence-electron chi connectivity index (χ2n) is 7.87. The quantitative estimate of drug-likeness (QED) is 0.309. The fraction of sp³-hybridized carbons (Fsp3) is 0.0357. The number of hydrogen-bond acceptors (Lipinski definition) is 6. The van der Waals surface area contributed by atoms with Gasteiger partial charge in [-0.05, 0) is 60.7 Å². The van der Waals surface area contributed by atoms with Crippen LogP contribution in [0.5, 0.6) is 5.75 Å². The maximum absolute atomic E-state index is 13.4. The van der Waals surface area contributed by atoms with E-state index < -0.39 is 17.5 Å². The minimum atomic E-state index is -4.69. The van der Waals surface area contributed by atoms with Gasteiger partial charge < -0.3 is 4.74 Å². The standard InChI is InChI=1S/C28H22Cl2NO2P.ClHO4/c1-33-22-19-17-21(18-20-22)27(32)31-28(26(29)30)34(23-11-5-2-6-12-23,24-13-7-3-8-14-24)25-15-9-4-10-16-25;2-1(3,4)5/h2-20H,1H3;(H,2,3,4,5)/p+1. The van der Waals surface area contributed by atoms with E-state index >= 15 is 0 Å². The average Bonchev–Trinajstić information content (AvgIpc) is 2.93. The molecule has 0 radical (unpaired) electrons. The molecule has 4 aromatic carbocycles. The van der Waals surface area contributed by atoms with Crippen LogP contribution in [0.2, 0.25) is 0 Å². The number of methoxy groups -OCH3 is 1. The number of ether oxygens (including phenoxy) is 1. The van der Waals surface area contributed by atoms with Gasteiger partial charge in [-0.3, -0.25) is 10.1 Å². The highest BCUT2D eigenvalue weighted by Gasteiger charge is 2.52. The molecule has 4 aromatic rings. The summed E-state index contributed by atoms with van der Waals surface area (Å²) in [5, 5.41) is 6.16. The molecule has 0 aromatic heterocycles. The Morgan fingerprint density at radius 3 is 1.41 bits per heavy atom. The summed E-state index contributed by atoms with van der Waals surface area (Å²) in [6.07, 6.45) is 0. The number of rotatable bonds is 7. The first kappa shape index (κ1) is 30.6. The lowest BCUT2D eigenvalue weighted by molar-refractivity contribution is -1.92. The molecule has 11 heteroatoms. The number of benzene rings is 4. The van der Waals surface area contributed by atoms with Crippen LogP contribution in [0.15, 0.2) is 125 Å². The van der Waals surface area contributed by atoms with Crippen molar-refractivity contribution in [2.45, 2.75) is 0 Å². The van der Waals surface area contributed by atoms with E-state index in [9.17, 15) is 4.79 Å². The lowest BCUT2D eigenvalue weighted by Gasteiger charge is -2.29. The molecule has 0 spiro atoms. The van der Waals surface area contributed by atoms with Crippen LogP contribution >= 0.6 is 30.5 Å². The first-order valence-corrected chi connectivity index (χ1v) is 15.1. The smallest absolute Gasteiger partial charge is 0.258 e. The van der Waals surface area contributed by atoms with Crippen LogP contribution in [-0.4, -0.2) is 17.7 Å². The summed E-state index contributed by atoms with van der Waals surface area (Å²) in [6.45, 7) is 0. The zero-order valence-corrected chi connectivity index (χ0v) is 23.7. The second-order valence-corrected chi connectivity index (χ2v) is 12.9. The van der Waals surface area contributed by atoms with Gasteiger partial charge in [-0.2, -0.15) is 14.0 Å². The molecule has 0 aliphatic carbocycles. The largest absolute Gasteiger partial charge is 0.497 e. The van der Waals surface area contributed by atoms with Crippen molar-refractivity contribution in [2.24, 2.45) is 0 Å². The number of carbonyl (C=O) groups is 1. The first-order valence-electron chi connectivity index (χ1n) is 11.3. The van der Waals surface area contributed by atoms with Gasteiger partial charge in [0.1, 0.15) is 21.7 Å². The number of hydrogen-bond donors (Lipinski definition) is 2. The molecule has 0 saturated heterocycles. The Balaban J connectivity index is 0.000000771. The summed E-state index contributed by atoms with van der Waals surface area (Å²) in [6, 6.07) is 37.1. The molecule has 0 aliphatic rings. The molecule has 202 valence electrons. The Morgan fingerprint density at radius 2 is 1.10 bits per heavy atom. The van der Waals surface area contributed by atoms with Gasteiger partial charge in [0.05, 0.1) is 22.0 Å². The SMILES string of the molecule is COc1ccc(C(=O)NC(=C(Cl)Cl)[P+](c2ccccc2)(c2ccccc2)c2ccccc2)cc1.[O-][Cl+3]([O-])([O-])O. The zero-order valence-electron chi connectivity index (χ0n) is 20.5. The molecule has 0 bridgehead atoms. The highest BCUT2D eigenvalue weighted by molar-refractivity contribution is 7.99. The summed E-state index contributed by atoms with van der Waals surface area (Å²) in [7, 11) is -5.76. The van der Waals surface area contributed by atoms with E-state index in [2.05, 4.69) is 41.7 Å². The minimum Gasteiger partial charge on any atom is -0.497 e. The van der Waals surface area contributed by atoms with Crippen molar-refractivity contribution in [3.8, 4) is 5.75 Å². The molecule has 39 heavy (non-hydrogen) atoms. The lowest BCUT2D eigenvalue weighted by atomic mass is 10.2. The monoisotopic (exact) mass is 606 g/mol. The van der Waals surface area contributed by atoms with Gasteiger partial charge in [-0.15, -0.1) is 0 Å². The molecule has 0 heterocycles. The maximum atomic E-state index is 13.4. The van der Waals surface area contributed by atoms with Gasteiger partial charge in [0.25, 0.3) is 5.91 Å². The van der Waals surface area contributed by atoms with Gasteiger partial charge in [-0.25, -0.2) is 0 Å². The predicted molar refractivity (Wildman–Crippen MR) is 147 cm³/mol. The van der Waals surface area contributed by atoms with Gasteiger partial charge >= 0.3 is 0 Å². The van der Waals surface area contributed by atoms with E-state index in [1.54, 1.807) is 31.4 Å². The normalized spacial score (nSPS) is 11.1. The zero-order chi connectivity index (χ0) is 28.5. The number of halogens is 3. The van der Waals surface area contributed by atoms with Crippen molar-refractivity contribution in [2.75, 3.05) is 7.11 Å². The number of amides is 1. The Kier molecular flexibility index (Phi) is 10.9. The predicted octanol–water partition coefficient (Wildman–Crippen LogP) is 1.90. The summed E-state index contributed by atoms with van der Waals surface area (Å²) in [5.74, 6) is 0.367. The Bertz CT molecular complexity index is 1280. The highest BCUT2D eigenvalue weighted by Crippen LogP contribution is 2.63. The summed E-state index contributed by atoms with van der Waals surface area (Å²) in [5.41, 5.74) is 0.959. The molecule has 0 atom stereocenters. The van der Waals surface area contributed by atoms with Gasteiger partial charge in [0, 0.05) is 5.56 Å².